The minimum Gasteiger partial charge on any atom is -0.484 e. The number of carbonyl (C=O) groups excluding carboxylic acids is 1. The van der Waals surface area contributed by atoms with Gasteiger partial charge in [0.25, 0.3) is 5.91 Å². The predicted molar refractivity (Wildman–Crippen MR) is 73.9 cm³/mol. The van der Waals surface area contributed by atoms with Gasteiger partial charge in [0.15, 0.2) is 6.61 Å². The number of carbonyl (C=O) groups is 2. The van der Waals surface area contributed by atoms with Crippen molar-refractivity contribution >= 4 is 11.9 Å². The highest BCUT2D eigenvalue weighted by molar-refractivity contribution is 5.84. The molecule has 2 rings (SSSR count). The standard InChI is InChI=1S/C15H16F3NO4/c1-9(14(21)22)19(11-4-5-11)13(20)8-23-12-6-2-10(3-7-12)15(16,17)18/h2-3,6-7,9,11H,4-5,8H2,1H3,(H,21,22). The van der Waals surface area contributed by atoms with E-state index < -0.39 is 36.3 Å². The summed E-state index contributed by atoms with van der Waals surface area (Å²) in [5.74, 6) is -1.49. The Labute approximate surface area is 130 Å². The van der Waals surface area contributed by atoms with Crippen molar-refractivity contribution in [2.45, 2.75) is 38.0 Å². The number of alkyl halides is 3. The number of hydrogen-bond donors (Lipinski definition) is 1. The third-order valence-electron chi connectivity index (χ3n) is 3.55. The van der Waals surface area contributed by atoms with Gasteiger partial charge in [-0.05, 0) is 44.0 Å². The number of carboxylic acids is 1. The number of nitrogens with zero attached hydrogens (tertiary/aromatic N) is 1. The molecule has 5 nitrogen and oxygen atoms in total. The predicted octanol–water partition coefficient (Wildman–Crippen LogP) is 2.55. The van der Waals surface area contributed by atoms with Crippen LogP contribution in [0.1, 0.15) is 25.3 Å². The van der Waals surface area contributed by atoms with Gasteiger partial charge in [-0.1, -0.05) is 0 Å². The largest absolute Gasteiger partial charge is 0.484 e. The van der Waals surface area contributed by atoms with E-state index in [2.05, 4.69) is 0 Å². The van der Waals surface area contributed by atoms with E-state index in [-0.39, 0.29) is 11.8 Å². The van der Waals surface area contributed by atoms with Gasteiger partial charge < -0.3 is 14.7 Å². The van der Waals surface area contributed by atoms with Gasteiger partial charge in [0.05, 0.1) is 5.56 Å². The van der Waals surface area contributed by atoms with Gasteiger partial charge in [-0.25, -0.2) is 4.79 Å². The van der Waals surface area contributed by atoms with Crippen LogP contribution in [0.25, 0.3) is 0 Å². The molecule has 1 atom stereocenters. The monoisotopic (exact) mass is 331 g/mol. The van der Waals surface area contributed by atoms with Crippen molar-refractivity contribution in [3.05, 3.63) is 29.8 Å². The number of aliphatic carboxylic acids is 1. The van der Waals surface area contributed by atoms with Crippen molar-refractivity contribution in [1.82, 2.24) is 4.90 Å². The van der Waals surface area contributed by atoms with E-state index in [1.807, 2.05) is 0 Å². The lowest BCUT2D eigenvalue weighted by atomic mass is 10.2. The second-order valence-corrected chi connectivity index (χ2v) is 5.36. The van der Waals surface area contributed by atoms with Crippen LogP contribution < -0.4 is 4.74 Å². The van der Waals surface area contributed by atoms with Crippen molar-refractivity contribution in [3.63, 3.8) is 0 Å². The molecular weight excluding hydrogens is 315 g/mol. The third kappa shape index (κ3) is 4.37. The van der Waals surface area contributed by atoms with E-state index in [0.717, 1.165) is 37.1 Å². The highest BCUT2D eigenvalue weighted by Gasteiger charge is 2.38. The van der Waals surface area contributed by atoms with Gasteiger partial charge in [0.1, 0.15) is 11.8 Å². The van der Waals surface area contributed by atoms with Crippen LogP contribution in [0.4, 0.5) is 13.2 Å². The van der Waals surface area contributed by atoms with Crippen LogP contribution >= 0.6 is 0 Å². The number of carboxylic acid groups (broad SMARTS) is 1. The Kier molecular flexibility index (Phi) is 4.82. The van der Waals surface area contributed by atoms with E-state index in [9.17, 15) is 22.8 Å². The van der Waals surface area contributed by atoms with Crippen molar-refractivity contribution in [2.24, 2.45) is 0 Å². The van der Waals surface area contributed by atoms with Gasteiger partial charge in [0, 0.05) is 6.04 Å². The van der Waals surface area contributed by atoms with Crippen molar-refractivity contribution < 1.29 is 32.6 Å². The minimum absolute atomic E-state index is 0.107. The molecule has 1 amide bonds. The fourth-order valence-electron chi connectivity index (χ4n) is 2.17. The van der Waals surface area contributed by atoms with Gasteiger partial charge in [-0.2, -0.15) is 13.2 Å². The first-order valence-electron chi connectivity index (χ1n) is 7.04. The molecule has 1 unspecified atom stereocenters. The van der Waals surface area contributed by atoms with Crippen LogP contribution in [0, 0.1) is 0 Å². The van der Waals surface area contributed by atoms with E-state index in [0.29, 0.717) is 0 Å². The maximum atomic E-state index is 12.4. The minimum atomic E-state index is -4.44. The zero-order chi connectivity index (χ0) is 17.2. The molecule has 1 fully saturated rings. The fraction of sp³-hybridized carbons (Fsp3) is 0.467. The molecule has 1 aliphatic carbocycles. The molecule has 0 bridgehead atoms. The second-order valence-electron chi connectivity index (χ2n) is 5.36. The quantitative estimate of drug-likeness (QED) is 0.870. The highest BCUT2D eigenvalue weighted by atomic mass is 19.4. The summed E-state index contributed by atoms with van der Waals surface area (Å²) in [6.07, 6.45) is -2.96. The lowest BCUT2D eigenvalue weighted by Crippen LogP contribution is -2.46. The molecule has 0 spiro atoms. The second kappa shape index (κ2) is 6.47. The zero-order valence-electron chi connectivity index (χ0n) is 12.3. The molecular formula is C15H16F3NO4. The normalized spacial score (nSPS) is 15.8. The maximum Gasteiger partial charge on any atom is 0.416 e. The van der Waals surface area contributed by atoms with Crippen LogP contribution in [-0.4, -0.2) is 40.6 Å². The number of hydrogen-bond acceptors (Lipinski definition) is 3. The highest BCUT2D eigenvalue weighted by Crippen LogP contribution is 2.31. The summed E-state index contributed by atoms with van der Waals surface area (Å²) in [6.45, 7) is 0.996. The number of rotatable bonds is 6. The molecule has 1 aromatic carbocycles. The average molecular weight is 331 g/mol. The molecule has 8 heteroatoms. The van der Waals surface area contributed by atoms with Gasteiger partial charge >= 0.3 is 12.1 Å². The van der Waals surface area contributed by atoms with Gasteiger partial charge in [-0.15, -0.1) is 0 Å². The van der Waals surface area contributed by atoms with Crippen LogP contribution in [0.3, 0.4) is 0 Å². The van der Waals surface area contributed by atoms with Crippen LogP contribution in [0.2, 0.25) is 0 Å². The number of amides is 1. The number of halogens is 3. The Morgan fingerprint density at radius 2 is 1.87 bits per heavy atom. The summed E-state index contributed by atoms with van der Waals surface area (Å²) in [5.41, 5.74) is -0.810. The average Bonchev–Trinajstić information content (AvgIpc) is 3.29. The molecule has 1 aliphatic rings. The summed E-state index contributed by atoms with van der Waals surface area (Å²) in [5, 5.41) is 9.03. The topological polar surface area (TPSA) is 66.8 Å². The smallest absolute Gasteiger partial charge is 0.416 e. The van der Waals surface area contributed by atoms with Crippen molar-refractivity contribution in [2.75, 3.05) is 6.61 Å². The van der Waals surface area contributed by atoms with E-state index in [1.165, 1.54) is 11.8 Å². The Morgan fingerprint density at radius 1 is 1.30 bits per heavy atom. The molecule has 1 aromatic rings. The number of ether oxygens (including phenoxy) is 1. The summed E-state index contributed by atoms with van der Waals surface area (Å²) < 4.78 is 42.5. The lowest BCUT2D eigenvalue weighted by Gasteiger charge is -2.26. The van der Waals surface area contributed by atoms with E-state index in [1.54, 1.807) is 0 Å². The third-order valence-corrected chi connectivity index (χ3v) is 3.55. The molecule has 0 heterocycles. The molecule has 0 radical (unpaired) electrons. The Balaban J connectivity index is 1.96. The molecule has 1 N–H and O–H groups in total. The van der Waals surface area contributed by atoms with Crippen molar-refractivity contribution in [3.8, 4) is 5.75 Å². The summed E-state index contributed by atoms with van der Waals surface area (Å²) in [4.78, 5) is 24.4. The van der Waals surface area contributed by atoms with Gasteiger partial charge in [0.2, 0.25) is 0 Å². The van der Waals surface area contributed by atoms with E-state index in [4.69, 9.17) is 9.84 Å². The maximum absolute atomic E-state index is 12.4. The first-order chi connectivity index (χ1) is 10.7. The molecule has 0 aromatic heterocycles. The Hall–Kier alpha value is -2.25. The lowest BCUT2D eigenvalue weighted by molar-refractivity contribution is -0.150. The van der Waals surface area contributed by atoms with Crippen LogP contribution in [-0.2, 0) is 15.8 Å². The molecule has 0 aliphatic heterocycles. The summed E-state index contributed by atoms with van der Waals surface area (Å²) in [6, 6.07) is 2.89. The van der Waals surface area contributed by atoms with E-state index >= 15 is 0 Å². The summed E-state index contributed by atoms with van der Waals surface area (Å²) >= 11 is 0. The number of benzene rings is 1. The SMILES string of the molecule is CC(C(=O)O)N(C(=O)COc1ccc(C(F)(F)F)cc1)C1CC1. The fourth-order valence-corrected chi connectivity index (χ4v) is 2.17. The first kappa shape index (κ1) is 17.1. The molecule has 23 heavy (non-hydrogen) atoms. The van der Waals surface area contributed by atoms with Gasteiger partial charge in [-0.3, -0.25) is 4.79 Å². The van der Waals surface area contributed by atoms with Crippen molar-refractivity contribution in [1.29, 1.82) is 0 Å². The van der Waals surface area contributed by atoms with Crippen LogP contribution in [0.5, 0.6) is 5.75 Å². The Bertz CT molecular complexity index is 581. The molecule has 0 saturated heterocycles. The zero-order valence-corrected chi connectivity index (χ0v) is 12.3. The summed E-state index contributed by atoms with van der Waals surface area (Å²) in [7, 11) is 0. The van der Waals surface area contributed by atoms with Crippen LogP contribution in [0.15, 0.2) is 24.3 Å². The Morgan fingerprint density at radius 3 is 2.30 bits per heavy atom. The molecule has 1 saturated carbocycles. The molecule has 126 valence electrons. The first-order valence-corrected chi connectivity index (χ1v) is 7.04.